The Morgan fingerprint density at radius 3 is 3.00 bits per heavy atom. The largest absolute Gasteiger partial charge is 0.482 e. The molecule has 1 aromatic carbocycles. The molecule has 2 aromatic rings. The van der Waals surface area contributed by atoms with Gasteiger partial charge in [-0.05, 0) is 31.2 Å². The molecular weight excluding hydrogens is 256 g/mol. The van der Waals surface area contributed by atoms with Crippen LogP contribution in [-0.4, -0.2) is 22.5 Å². The molecule has 1 N–H and O–H groups in total. The van der Waals surface area contributed by atoms with Crippen LogP contribution in [0.1, 0.15) is 11.5 Å². The van der Waals surface area contributed by atoms with Crippen molar-refractivity contribution in [1.29, 1.82) is 5.26 Å². The van der Waals surface area contributed by atoms with E-state index in [4.69, 9.17) is 10.00 Å². The lowest BCUT2D eigenvalue weighted by Gasteiger charge is -2.18. The summed E-state index contributed by atoms with van der Waals surface area (Å²) in [5.41, 5.74) is 2.74. The van der Waals surface area contributed by atoms with Crippen molar-refractivity contribution in [3.63, 3.8) is 0 Å². The lowest BCUT2D eigenvalue weighted by atomic mass is 10.1. The number of aromatic nitrogens is 2. The summed E-state index contributed by atoms with van der Waals surface area (Å²) in [5.74, 6) is 0.559. The molecule has 3 rings (SSSR count). The first kappa shape index (κ1) is 12.1. The maximum atomic E-state index is 11.3. The van der Waals surface area contributed by atoms with Crippen LogP contribution >= 0.6 is 0 Å². The quantitative estimate of drug-likeness (QED) is 0.848. The second-order valence-electron chi connectivity index (χ2n) is 4.38. The van der Waals surface area contributed by atoms with Crippen molar-refractivity contribution in [2.24, 2.45) is 0 Å². The molecule has 20 heavy (non-hydrogen) atoms. The van der Waals surface area contributed by atoms with Gasteiger partial charge in [0, 0.05) is 11.3 Å². The Balaban J connectivity index is 2.07. The maximum absolute atomic E-state index is 11.3. The fourth-order valence-electron chi connectivity index (χ4n) is 2.01. The van der Waals surface area contributed by atoms with Crippen LogP contribution in [0.25, 0.3) is 11.3 Å². The van der Waals surface area contributed by atoms with E-state index in [1.54, 1.807) is 25.1 Å². The third kappa shape index (κ3) is 2.17. The zero-order valence-corrected chi connectivity index (χ0v) is 10.7. The molecule has 1 amide bonds. The average molecular weight is 266 g/mol. The summed E-state index contributed by atoms with van der Waals surface area (Å²) in [6, 6.07) is 9.09. The van der Waals surface area contributed by atoms with E-state index in [9.17, 15) is 4.79 Å². The van der Waals surface area contributed by atoms with Gasteiger partial charge in [-0.1, -0.05) is 0 Å². The van der Waals surface area contributed by atoms with Gasteiger partial charge in [-0.25, -0.2) is 9.97 Å². The first-order valence-corrected chi connectivity index (χ1v) is 5.98. The zero-order valence-electron chi connectivity index (χ0n) is 10.7. The van der Waals surface area contributed by atoms with Gasteiger partial charge in [0.25, 0.3) is 5.91 Å². The van der Waals surface area contributed by atoms with Crippen molar-refractivity contribution in [2.75, 3.05) is 11.9 Å². The van der Waals surface area contributed by atoms with Gasteiger partial charge in [0.15, 0.2) is 6.61 Å². The fraction of sp³-hybridized carbons (Fsp3) is 0.143. The number of rotatable bonds is 1. The maximum Gasteiger partial charge on any atom is 0.262 e. The van der Waals surface area contributed by atoms with Crippen molar-refractivity contribution >= 4 is 11.6 Å². The molecule has 0 fully saturated rings. The average Bonchev–Trinajstić information content (AvgIpc) is 2.45. The Morgan fingerprint density at radius 2 is 2.20 bits per heavy atom. The molecule has 0 unspecified atom stereocenters. The standard InChI is InChI=1S/C14H10N4O2/c1-8-4-10(17-13(6-15)16-8)9-2-3-12-11(5-9)18-14(19)7-20-12/h2-5H,7H2,1H3,(H,18,19). The van der Waals surface area contributed by atoms with Gasteiger partial charge >= 0.3 is 0 Å². The molecule has 0 aliphatic carbocycles. The number of carbonyl (C=O) groups is 1. The van der Waals surface area contributed by atoms with Gasteiger partial charge in [0.05, 0.1) is 11.4 Å². The second-order valence-corrected chi connectivity index (χ2v) is 4.38. The van der Waals surface area contributed by atoms with E-state index in [1.807, 2.05) is 12.1 Å². The zero-order chi connectivity index (χ0) is 14.1. The number of hydrogen-bond donors (Lipinski definition) is 1. The highest BCUT2D eigenvalue weighted by molar-refractivity contribution is 5.96. The molecular formula is C14H10N4O2. The summed E-state index contributed by atoms with van der Waals surface area (Å²) in [6.45, 7) is 1.83. The monoisotopic (exact) mass is 266 g/mol. The number of aryl methyl sites for hydroxylation is 1. The molecule has 0 saturated carbocycles. The van der Waals surface area contributed by atoms with E-state index in [1.165, 1.54) is 0 Å². The first-order chi connectivity index (χ1) is 9.65. The molecule has 6 heteroatoms. The predicted octanol–water partition coefficient (Wildman–Crippen LogP) is 1.65. The van der Waals surface area contributed by atoms with Crippen LogP contribution in [0.2, 0.25) is 0 Å². The van der Waals surface area contributed by atoms with E-state index in [2.05, 4.69) is 15.3 Å². The highest BCUT2D eigenvalue weighted by Crippen LogP contribution is 2.32. The minimum atomic E-state index is -0.189. The number of nitriles is 1. The molecule has 6 nitrogen and oxygen atoms in total. The molecule has 0 spiro atoms. The van der Waals surface area contributed by atoms with Crippen molar-refractivity contribution in [1.82, 2.24) is 9.97 Å². The van der Waals surface area contributed by atoms with Crippen molar-refractivity contribution in [3.8, 4) is 23.1 Å². The minimum Gasteiger partial charge on any atom is -0.482 e. The number of nitrogens with one attached hydrogen (secondary N) is 1. The Kier molecular flexibility index (Phi) is 2.80. The highest BCUT2D eigenvalue weighted by atomic mass is 16.5. The highest BCUT2D eigenvalue weighted by Gasteiger charge is 2.16. The van der Waals surface area contributed by atoms with Crippen LogP contribution in [0.4, 0.5) is 5.69 Å². The van der Waals surface area contributed by atoms with Gasteiger partial charge in [0.2, 0.25) is 5.82 Å². The smallest absolute Gasteiger partial charge is 0.262 e. The molecule has 0 bridgehead atoms. The van der Waals surface area contributed by atoms with Gasteiger partial charge in [0.1, 0.15) is 11.8 Å². The Hall–Kier alpha value is -2.94. The summed E-state index contributed by atoms with van der Waals surface area (Å²) in [5, 5.41) is 11.6. The SMILES string of the molecule is Cc1cc(-c2ccc3c(c2)NC(=O)CO3)nc(C#N)n1. The number of hydrogen-bond acceptors (Lipinski definition) is 5. The molecule has 98 valence electrons. The Bertz CT molecular complexity index is 749. The van der Waals surface area contributed by atoms with Crippen LogP contribution < -0.4 is 10.1 Å². The summed E-state index contributed by atoms with van der Waals surface area (Å²) in [7, 11) is 0. The van der Waals surface area contributed by atoms with Crippen LogP contribution in [0.5, 0.6) is 5.75 Å². The number of fused-ring (bicyclic) bond motifs is 1. The van der Waals surface area contributed by atoms with Crippen LogP contribution in [0.15, 0.2) is 24.3 Å². The van der Waals surface area contributed by atoms with E-state index < -0.39 is 0 Å². The van der Waals surface area contributed by atoms with Crippen LogP contribution in [0.3, 0.4) is 0 Å². The third-order valence-corrected chi connectivity index (χ3v) is 2.86. The number of benzene rings is 1. The number of carbonyl (C=O) groups excluding carboxylic acids is 1. The lowest BCUT2D eigenvalue weighted by molar-refractivity contribution is -0.118. The van der Waals surface area contributed by atoms with Crippen LogP contribution in [-0.2, 0) is 4.79 Å². The number of ether oxygens (including phenoxy) is 1. The Morgan fingerprint density at radius 1 is 1.35 bits per heavy atom. The van der Waals surface area contributed by atoms with Gasteiger partial charge in [-0.15, -0.1) is 0 Å². The minimum absolute atomic E-state index is 0.0253. The van der Waals surface area contributed by atoms with Crippen molar-refractivity contribution < 1.29 is 9.53 Å². The fourth-order valence-corrected chi connectivity index (χ4v) is 2.01. The topological polar surface area (TPSA) is 87.9 Å². The van der Waals surface area contributed by atoms with E-state index in [0.717, 1.165) is 5.56 Å². The van der Waals surface area contributed by atoms with E-state index in [-0.39, 0.29) is 18.3 Å². The number of amides is 1. The first-order valence-electron chi connectivity index (χ1n) is 5.98. The molecule has 0 atom stereocenters. The molecule has 0 radical (unpaired) electrons. The lowest BCUT2D eigenvalue weighted by Crippen LogP contribution is -2.25. The van der Waals surface area contributed by atoms with E-state index >= 15 is 0 Å². The Labute approximate surface area is 115 Å². The van der Waals surface area contributed by atoms with Gasteiger partial charge in [-0.3, -0.25) is 4.79 Å². The number of nitrogens with zero attached hydrogens (tertiary/aromatic N) is 3. The normalized spacial score (nSPS) is 12.9. The summed E-state index contributed by atoms with van der Waals surface area (Å²) in [6.07, 6.45) is 0. The predicted molar refractivity (Wildman–Crippen MR) is 71.0 cm³/mol. The van der Waals surface area contributed by atoms with Crippen molar-refractivity contribution in [2.45, 2.75) is 6.92 Å². The summed E-state index contributed by atoms with van der Waals surface area (Å²) in [4.78, 5) is 19.5. The van der Waals surface area contributed by atoms with Gasteiger partial charge in [-0.2, -0.15) is 5.26 Å². The van der Waals surface area contributed by atoms with E-state index in [0.29, 0.717) is 22.8 Å². The second kappa shape index (κ2) is 4.63. The summed E-state index contributed by atoms with van der Waals surface area (Å²) < 4.78 is 5.30. The molecule has 2 heterocycles. The third-order valence-electron chi connectivity index (χ3n) is 2.86. The summed E-state index contributed by atoms with van der Waals surface area (Å²) >= 11 is 0. The molecule has 1 aliphatic rings. The van der Waals surface area contributed by atoms with Crippen LogP contribution in [0, 0.1) is 18.3 Å². The van der Waals surface area contributed by atoms with Gasteiger partial charge < -0.3 is 10.1 Å². The molecule has 0 saturated heterocycles. The van der Waals surface area contributed by atoms with Crippen molar-refractivity contribution in [3.05, 3.63) is 35.8 Å². The molecule has 1 aliphatic heterocycles. The molecule has 1 aromatic heterocycles. The number of anilines is 1.